The number of carbonyl (C=O) groups is 1. The molecule has 0 aliphatic heterocycles. The molecule has 0 saturated heterocycles. The van der Waals surface area contributed by atoms with Crippen LogP contribution in [0.5, 0.6) is 5.75 Å². The summed E-state index contributed by atoms with van der Waals surface area (Å²) in [6, 6.07) is 3.82. The van der Waals surface area contributed by atoms with Gasteiger partial charge in [-0.05, 0) is 31.5 Å². The SMILES string of the molecule is CCCCCOc1ccc(Nc2nc(C(C)=O)c(C)s2)cc1C(F)(F)F. The first-order chi connectivity index (χ1) is 12.2. The molecule has 1 heterocycles. The summed E-state index contributed by atoms with van der Waals surface area (Å²) in [5.41, 5.74) is -0.273. The van der Waals surface area contributed by atoms with Crippen LogP contribution < -0.4 is 10.1 Å². The van der Waals surface area contributed by atoms with E-state index in [0.29, 0.717) is 22.1 Å². The molecule has 0 fully saturated rings. The normalized spacial score (nSPS) is 11.5. The predicted molar refractivity (Wildman–Crippen MR) is 96.6 cm³/mol. The van der Waals surface area contributed by atoms with E-state index in [0.717, 1.165) is 18.9 Å². The zero-order chi connectivity index (χ0) is 19.3. The summed E-state index contributed by atoms with van der Waals surface area (Å²) in [6.07, 6.45) is -1.95. The van der Waals surface area contributed by atoms with Crippen molar-refractivity contribution in [2.24, 2.45) is 0 Å². The summed E-state index contributed by atoms with van der Waals surface area (Å²) in [5, 5.41) is 3.21. The molecule has 0 bridgehead atoms. The molecule has 1 aromatic heterocycles. The Balaban J connectivity index is 2.22. The molecule has 1 N–H and O–H groups in total. The number of Topliss-reactive ketones (excluding diaryl/α,β-unsaturated/α-hetero) is 1. The Bertz CT molecular complexity index is 772. The quantitative estimate of drug-likeness (QED) is 0.447. The predicted octanol–water partition coefficient (Wildman–Crippen LogP) is 5.99. The number of alkyl halides is 3. The van der Waals surface area contributed by atoms with Crippen molar-refractivity contribution < 1.29 is 22.7 Å². The van der Waals surface area contributed by atoms with Crippen molar-refractivity contribution in [3.8, 4) is 5.75 Å². The number of nitrogens with zero attached hydrogens (tertiary/aromatic N) is 1. The molecule has 2 aromatic rings. The zero-order valence-electron chi connectivity index (χ0n) is 14.9. The van der Waals surface area contributed by atoms with Gasteiger partial charge in [0.2, 0.25) is 0 Å². The third-order valence-corrected chi connectivity index (χ3v) is 4.56. The first kappa shape index (κ1) is 20.2. The molecule has 0 spiro atoms. The number of carbonyl (C=O) groups excluding carboxylic acids is 1. The summed E-state index contributed by atoms with van der Waals surface area (Å²) in [6.45, 7) is 5.41. The second-order valence-corrected chi connectivity index (χ2v) is 7.07. The van der Waals surface area contributed by atoms with E-state index in [1.165, 1.54) is 30.4 Å². The Morgan fingerprint density at radius 3 is 2.62 bits per heavy atom. The molecule has 2 rings (SSSR count). The number of hydrogen-bond donors (Lipinski definition) is 1. The minimum absolute atomic E-state index is 0.182. The highest BCUT2D eigenvalue weighted by molar-refractivity contribution is 7.15. The maximum Gasteiger partial charge on any atom is 0.420 e. The number of nitrogens with one attached hydrogen (secondary N) is 1. The van der Waals surface area contributed by atoms with Crippen molar-refractivity contribution in [1.82, 2.24) is 4.98 Å². The molecule has 0 aliphatic rings. The van der Waals surface area contributed by atoms with Crippen molar-refractivity contribution in [1.29, 1.82) is 0 Å². The highest BCUT2D eigenvalue weighted by atomic mass is 32.1. The van der Waals surface area contributed by atoms with Gasteiger partial charge in [0.25, 0.3) is 0 Å². The van der Waals surface area contributed by atoms with Crippen LogP contribution in [-0.4, -0.2) is 17.4 Å². The first-order valence-corrected chi connectivity index (χ1v) is 9.13. The molecular formula is C18H21F3N2O2S. The molecule has 0 atom stereocenters. The number of rotatable bonds is 8. The second-order valence-electron chi connectivity index (χ2n) is 5.87. The fourth-order valence-electron chi connectivity index (χ4n) is 2.39. The third kappa shape index (κ3) is 5.20. The molecule has 142 valence electrons. The molecule has 0 radical (unpaired) electrons. The van der Waals surface area contributed by atoms with Gasteiger partial charge in [0.15, 0.2) is 10.9 Å². The van der Waals surface area contributed by atoms with Gasteiger partial charge in [-0.2, -0.15) is 13.2 Å². The number of aromatic nitrogens is 1. The minimum atomic E-state index is -4.53. The monoisotopic (exact) mass is 386 g/mol. The molecule has 1 aromatic carbocycles. The molecule has 0 amide bonds. The molecule has 8 heteroatoms. The minimum Gasteiger partial charge on any atom is -0.493 e. The van der Waals surface area contributed by atoms with Gasteiger partial charge < -0.3 is 10.1 Å². The van der Waals surface area contributed by atoms with Gasteiger partial charge >= 0.3 is 6.18 Å². The third-order valence-electron chi connectivity index (χ3n) is 3.67. The Morgan fingerprint density at radius 1 is 1.31 bits per heavy atom. The van der Waals surface area contributed by atoms with Crippen LogP contribution in [0.1, 0.15) is 54.0 Å². The van der Waals surface area contributed by atoms with Crippen molar-refractivity contribution >= 4 is 27.9 Å². The van der Waals surface area contributed by atoms with Gasteiger partial charge in [-0.15, -0.1) is 11.3 Å². The number of anilines is 2. The van der Waals surface area contributed by atoms with E-state index in [1.807, 2.05) is 6.92 Å². The lowest BCUT2D eigenvalue weighted by molar-refractivity contribution is -0.138. The zero-order valence-corrected chi connectivity index (χ0v) is 15.7. The van der Waals surface area contributed by atoms with E-state index in [1.54, 1.807) is 6.92 Å². The van der Waals surface area contributed by atoms with Crippen molar-refractivity contribution in [2.45, 2.75) is 46.2 Å². The maximum absolute atomic E-state index is 13.4. The van der Waals surface area contributed by atoms with Crippen molar-refractivity contribution in [2.75, 3.05) is 11.9 Å². The Hall–Kier alpha value is -2.09. The lowest BCUT2D eigenvalue weighted by Gasteiger charge is -2.15. The number of ether oxygens (including phenoxy) is 1. The first-order valence-electron chi connectivity index (χ1n) is 8.31. The number of aryl methyl sites for hydroxylation is 1. The fraction of sp³-hybridized carbons (Fsp3) is 0.444. The second kappa shape index (κ2) is 8.53. The van der Waals surface area contributed by atoms with Crippen LogP contribution in [0, 0.1) is 6.92 Å². The molecule has 0 aliphatic carbocycles. The van der Waals surface area contributed by atoms with Gasteiger partial charge in [-0.3, -0.25) is 4.79 Å². The summed E-state index contributed by atoms with van der Waals surface area (Å²) >= 11 is 1.22. The number of benzene rings is 1. The lowest BCUT2D eigenvalue weighted by atomic mass is 10.1. The van der Waals surface area contributed by atoms with E-state index in [-0.39, 0.29) is 23.8 Å². The van der Waals surface area contributed by atoms with Crippen LogP contribution >= 0.6 is 11.3 Å². The average molecular weight is 386 g/mol. The van der Waals surface area contributed by atoms with E-state index >= 15 is 0 Å². The smallest absolute Gasteiger partial charge is 0.420 e. The van der Waals surface area contributed by atoms with Gasteiger partial charge in [0.1, 0.15) is 11.4 Å². The Labute approximate surface area is 154 Å². The van der Waals surface area contributed by atoms with Crippen LogP contribution in [0.4, 0.5) is 24.0 Å². The highest BCUT2D eigenvalue weighted by Crippen LogP contribution is 2.39. The largest absolute Gasteiger partial charge is 0.493 e. The van der Waals surface area contributed by atoms with Gasteiger partial charge in [-0.25, -0.2) is 4.98 Å². The topological polar surface area (TPSA) is 51.2 Å². The van der Waals surface area contributed by atoms with Gasteiger partial charge in [0, 0.05) is 17.5 Å². The van der Waals surface area contributed by atoms with Crippen molar-refractivity contribution in [3.63, 3.8) is 0 Å². The van der Waals surface area contributed by atoms with E-state index in [2.05, 4.69) is 10.3 Å². The van der Waals surface area contributed by atoms with Crippen LogP contribution in [-0.2, 0) is 6.18 Å². The van der Waals surface area contributed by atoms with Crippen LogP contribution in [0.25, 0.3) is 0 Å². The van der Waals surface area contributed by atoms with Crippen LogP contribution in [0.15, 0.2) is 18.2 Å². The Morgan fingerprint density at radius 2 is 2.04 bits per heavy atom. The maximum atomic E-state index is 13.4. The molecule has 26 heavy (non-hydrogen) atoms. The fourth-order valence-corrected chi connectivity index (χ4v) is 3.27. The van der Waals surface area contributed by atoms with E-state index in [9.17, 15) is 18.0 Å². The van der Waals surface area contributed by atoms with Crippen LogP contribution in [0.2, 0.25) is 0 Å². The summed E-state index contributed by atoms with van der Waals surface area (Å²) < 4.78 is 45.4. The molecular weight excluding hydrogens is 365 g/mol. The van der Waals surface area contributed by atoms with Crippen LogP contribution in [0.3, 0.4) is 0 Å². The number of ketones is 1. The van der Waals surface area contributed by atoms with E-state index in [4.69, 9.17) is 4.74 Å². The lowest BCUT2D eigenvalue weighted by Crippen LogP contribution is -2.10. The molecule has 4 nitrogen and oxygen atoms in total. The highest BCUT2D eigenvalue weighted by Gasteiger charge is 2.34. The standard InChI is InChI=1S/C18H21F3N2O2S/c1-4-5-6-9-25-15-8-7-13(10-14(15)18(19,20)21)22-17-23-16(11(2)24)12(3)26-17/h7-8,10H,4-6,9H2,1-3H3,(H,22,23). The van der Waals surface area contributed by atoms with Crippen molar-refractivity contribution in [3.05, 3.63) is 34.3 Å². The number of thiazole rings is 1. The summed E-state index contributed by atoms with van der Waals surface area (Å²) in [4.78, 5) is 16.3. The van der Waals surface area contributed by atoms with E-state index < -0.39 is 11.7 Å². The molecule has 0 saturated carbocycles. The van der Waals surface area contributed by atoms with Gasteiger partial charge in [0.05, 0.1) is 12.2 Å². The number of hydrogen-bond acceptors (Lipinski definition) is 5. The van der Waals surface area contributed by atoms with Gasteiger partial charge in [-0.1, -0.05) is 19.8 Å². The number of unbranched alkanes of at least 4 members (excludes halogenated alkanes) is 2. The molecule has 0 unspecified atom stereocenters. The summed E-state index contributed by atoms with van der Waals surface area (Å²) in [7, 11) is 0. The summed E-state index contributed by atoms with van der Waals surface area (Å²) in [5.74, 6) is -0.363. The Kier molecular flexibility index (Phi) is 6.63. The number of halogens is 3. The average Bonchev–Trinajstić information content (AvgIpc) is 2.92.